The Labute approximate surface area is 69.4 Å². The molecule has 12 heavy (non-hydrogen) atoms. The summed E-state index contributed by atoms with van der Waals surface area (Å²) < 4.78 is 9.30. The van der Waals surface area contributed by atoms with Gasteiger partial charge in [-0.15, -0.1) is 0 Å². The summed E-state index contributed by atoms with van der Waals surface area (Å²) in [5.41, 5.74) is 0. The SMILES string of the molecule is COC(=O)COc1ccncn1. The van der Waals surface area contributed by atoms with Gasteiger partial charge in [-0.1, -0.05) is 0 Å². The second-order valence-corrected chi connectivity index (χ2v) is 1.91. The van der Waals surface area contributed by atoms with Gasteiger partial charge in [-0.2, -0.15) is 0 Å². The molecule has 0 saturated carbocycles. The lowest BCUT2D eigenvalue weighted by molar-refractivity contribution is -0.143. The van der Waals surface area contributed by atoms with Crippen LogP contribution >= 0.6 is 0 Å². The Balaban J connectivity index is 2.38. The Morgan fingerprint density at radius 1 is 1.67 bits per heavy atom. The van der Waals surface area contributed by atoms with E-state index in [0.29, 0.717) is 5.88 Å². The molecule has 0 N–H and O–H groups in total. The van der Waals surface area contributed by atoms with Crippen molar-refractivity contribution < 1.29 is 14.3 Å². The third-order valence-corrected chi connectivity index (χ3v) is 1.12. The zero-order valence-corrected chi connectivity index (χ0v) is 6.56. The van der Waals surface area contributed by atoms with Crippen molar-refractivity contribution in [1.29, 1.82) is 0 Å². The highest BCUT2D eigenvalue weighted by Gasteiger charge is 2.00. The van der Waals surface area contributed by atoms with Crippen molar-refractivity contribution in [1.82, 2.24) is 9.97 Å². The van der Waals surface area contributed by atoms with Crippen molar-refractivity contribution in [2.45, 2.75) is 0 Å². The predicted molar refractivity (Wildman–Crippen MR) is 39.5 cm³/mol. The quantitative estimate of drug-likeness (QED) is 0.596. The number of ether oxygens (including phenoxy) is 2. The second-order valence-electron chi connectivity index (χ2n) is 1.91. The lowest BCUT2D eigenvalue weighted by Gasteiger charge is -2.01. The van der Waals surface area contributed by atoms with E-state index >= 15 is 0 Å². The number of methoxy groups -OCH3 is 1. The van der Waals surface area contributed by atoms with Crippen LogP contribution in [0.25, 0.3) is 0 Å². The minimum atomic E-state index is -0.436. The minimum Gasteiger partial charge on any atom is -0.466 e. The molecule has 1 aromatic heterocycles. The highest BCUT2D eigenvalue weighted by Crippen LogP contribution is 2.00. The summed E-state index contributed by atoms with van der Waals surface area (Å²) in [6, 6.07) is 1.56. The van der Waals surface area contributed by atoms with E-state index in [2.05, 4.69) is 14.7 Å². The van der Waals surface area contributed by atoms with E-state index < -0.39 is 5.97 Å². The van der Waals surface area contributed by atoms with Gasteiger partial charge in [0.1, 0.15) is 6.33 Å². The molecule has 0 bridgehead atoms. The molecule has 1 heterocycles. The van der Waals surface area contributed by atoms with E-state index in [9.17, 15) is 4.79 Å². The standard InChI is InChI=1S/C7H8N2O3/c1-11-7(10)4-12-6-2-3-8-5-9-6/h2-3,5H,4H2,1H3. The van der Waals surface area contributed by atoms with Crippen LogP contribution in [0.1, 0.15) is 0 Å². The number of hydrogen-bond acceptors (Lipinski definition) is 5. The second kappa shape index (κ2) is 4.27. The van der Waals surface area contributed by atoms with Gasteiger partial charge < -0.3 is 9.47 Å². The maximum atomic E-state index is 10.6. The molecule has 1 rings (SSSR count). The minimum absolute atomic E-state index is 0.131. The maximum absolute atomic E-state index is 10.6. The van der Waals surface area contributed by atoms with Gasteiger partial charge in [0, 0.05) is 12.3 Å². The van der Waals surface area contributed by atoms with Crippen molar-refractivity contribution in [3.05, 3.63) is 18.6 Å². The van der Waals surface area contributed by atoms with Crippen LogP contribution in [0.5, 0.6) is 5.88 Å². The fraction of sp³-hybridized carbons (Fsp3) is 0.286. The van der Waals surface area contributed by atoms with Crippen molar-refractivity contribution in [2.24, 2.45) is 0 Å². The van der Waals surface area contributed by atoms with E-state index in [1.807, 2.05) is 0 Å². The first-order chi connectivity index (χ1) is 5.83. The average molecular weight is 168 g/mol. The van der Waals surface area contributed by atoms with Gasteiger partial charge in [0.2, 0.25) is 5.88 Å². The summed E-state index contributed by atoms with van der Waals surface area (Å²) in [4.78, 5) is 18.0. The number of carbonyl (C=O) groups is 1. The van der Waals surface area contributed by atoms with Crippen molar-refractivity contribution in [2.75, 3.05) is 13.7 Å². The van der Waals surface area contributed by atoms with Crippen LogP contribution in [0, 0.1) is 0 Å². The van der Waals surface area contributed by atoms with E-state index in [-0.39, 0.29) is 6.61 Å². The van der Waals surface area contributed by atoms with Crippen LogP contribution in [0.3, 0.4) is 0 Å². The molecule has 0 amide bonds. The van der Waals surface area contributed by atoms with Gasteiger partial charge in [0.25, 0.3) is 0 Å². The fourth-order valence-electron chi connectivity index (χ4n) is 0.556. The Morgan fingerprint density at radius 3 is 3.08 bits per heavy atom. The van der Waals surface area contributed by atoms with Gasteiger partial charge in [0.15, 0.2) is 6.61 Å². The lowest BCUT2D eigenvalue weighted by atomic mass is 10.6. The van der Waals surface area contributed by atoms with Crippen molar-refractivity contribution in [3.8, 4) is 5.88 Å². The summed E-state index contributed by atoms with van der Waals surface area (Å²) in [5.74, 6) is -0.0796. The number of hydrogen-bond donors (Lipinski definition) is 0. The number of esters is 1. The molecule has 0 spiro atoms. The summed E-state index contributed by atoms with van der Waals surface area (Å²) >= 11 is 0. The first kappa shape index (κ1) is 8.45. The Hall–Kier alpha value is -1.65. The van der Waals surface area contributed by atoms with Crippen LogP contribution in [0.4, 0.5) is 0 Å². The molecule has 0 atom stereocenters. The largest absolute Gasteiger partial charge is 0.466 e. The van der Waals surface area contributed by atoms with Gasteiger partial charge in [-0.25, -0.2) is 14.8 Å². The normalized spacial score (nSPS) is 9.08. The predicted octanol–water partition coefficient (Wildman–Crippen LogP) is 0.0284. The molecule has 5 nitrogen and oxygen atoms in total. The van der Waals surface area contributed by atoms with Gasteiger partial charge in [-0.3, -0.25) is 0 Å². The molecule has 0 aliphatic carbocycles. The third-order valence-electron chi connectivity index (χ3n) is 1.12. The molecule has 0 aromatic carbocycles. The summed E-state index contributed by atoms with van der Waals surface area (Å²) in [7, 11) is 1.30. The van der Waals surface area contributed by atoms with Gasteiger partial charge >= 0.3 is 5.97 Å². The fourth-order valence-corrected chi connectivity index (χ4v) is 0.556. The number of aromatic nitrogens is 2. The number of carbonyl (C=O) groups excluding carboxylic acids is 1. The maximum Gasteiger partial charge on any atom is 0.343 e. The molecule has 0 aliphatic heterocycles. The summed E-state index contributed by atoms with van der Waals surface area (Å²) in [6.45, 7) is -0.131. The highest BCUT2D eigenvalue weighted by molar-refractivity contribution is 5.70. The first-order valence-electron chi connectivity index (χ1n) is 3.28. The van der Waals surface area contributed by atoms with E-state index in [1.165, 1.54) is 19.6 Å². The van der Waals surface area contributed by atoms with Crippen molar-refractivity contribution in [3.63, 3.8) is 0 Å². The molecule has 0 saturated heterocycles. The highest BCUT2D eigenvalue weighted by atomic mass is 16.6. The molecule has 0 unspecified atom stereocenters. The first-order valence-corrected chi connectivity index (χ1v) is 3.28. The van der Waals surface area contributed by atoms with Gasteiger partial charge in [-0.05, 0) is 0 Å². The Bertz CT molecular complexity index is 250. The Morgan fingerprint density at radius 2 is 2.50 bits per heavy atom. The Kier molecular flexibility index (Phi) is 3.01. The summed E-state index contributed by atoms with van der Waals surface area (Å²) in [5, 5.41) is 0. The molecule has 0 fully saturated rings. The topological polar surface area (TPSA) is 61.3 Å². The third kappa shape index (κ3) is 2.53. The van der Waals surface area contributed by atoms with Crippen LogP contribution in [0.2, 0.25) is 0 Å². The zero-order valence-electron chi connectivity index (χ0n) is 6.56. The monoisotopic (exact) mass is 168 g/mol. The molecule has 0 aliphatic rings. The lowest BCUT2D eigenvalue weighted by Crippen LogP contribution is -2.13. The molecule has 1 aromatic rings. The smallest absolute Gasteiger partial charge is 0.343 e. The number of rotatable bonds is 3. The zero-order chi connectivity index (χ0) is 8.81. The van der Waals surface area contributed by atoms with Crippen molar-refractivity contribution >= 4 is 5.97 Å². The molecule has 0 radical (unpaired) electrons. The molecular weight excluding hydrogens is 160 g/mol. The molecule has 64 valence electrons. The van der Waals surface area contributed by atoms with Crippen LogP contribution in [0.15, 0.2) is 18.6 Å². The van der Waals surface area contributed by atoms with E-state index in [4.69, 9.17) is 4.74 Å². The van der Waals surface area contributed by atoms with Crippen LogP contribution in [-0.4, -0.2) is 29.7 Å². The number of nitrogens with zero attached hydrogens (tertiary/aromatic N) is 2. The van der Waals surface area contributed by atoms with E-state index in [1.54, 1.807) is 6.07 Å². The molecule has 5 heteroatoms. The van der Waals surface area contributed by atoms with E-state index in [0.717, 1.165) is 0 Å². The average Bonchev–Trinajstić information content (AvgIpc) is 2.16. The molecular formula is C7H8N2O3. The van der Waals surface area contributed by atoms with Crippen LogP contribution in [-0.2, 0) is 9.53 Å². The summed E-state index contributed by atoms with van der Waals surface area (Å²) in [6.07, 6.45) is 2.87. The van der Waals surface area contributed by atoms with Gasteiger partial charge in [0.05, 0.1) is 7.11 Å². The van der Waals surface area contributed by atoms with Crippen LogP contribution < -0.4 is 4.74 Å².